The molecule has 4 rings (SSSR count). The summed E-state index contributed by atoms with van der Waals surface area (Å²) >= 11 is 5.39. The van der Waals surface area contributed by atoms with Crippen LogP contribution in [0.2, 0.25) is 0 Å². The average Bonchev–Trinajstić information content (AvgIpc) is 2.94. The summed E-state index contributed by atoms with van der Waals surface area (Å²) in [4.78, 5) is 7.28. The smallest absolute Gasteiger partial charge is 0.217 e. The van der Waals surface area contributed by atoms with Crippen LogP contribution in [-0.4, -0.2) is 53.2 Å². The summed E-state index contributed by atoms with van der Waals surface area (Å²) < 4.78 is 6.84. The third-order valence-corrected chi connectivity index (χ3v) is 8.54. The number of halogens is 1. The molecule has 37 heavy (non-hydrogen) atoms. The van der Waals surface area contributed by atoms with Gasteiger partial charge in [-0.3, -0.25) is 0 Å². The highest BCUT2D eigenvalue weighted by Gasteiger charge is 2.42. The molecule has 0 spiro atoms. The Morgan fingerprint density at radius 3 is 2.30 bits per heavy atom. The lowest BCUT2D eigenvalue weighted by Gasteiger charge is -2.38. The van der Waals surface area contributed by atoms with Gasteiger partial charge in [-0.05, 0) is 48.5 Å². The van der Waals surface area contributed by atoms with Crippen LogP contribution in [0.4, 0.5) is 0 Å². The minimum absolute atomic E-state index is 0.386. The molecule has 0 aliphatic carbocycles. The van der Waals surface area contributed by atoms with Crippen LogP contribution in [0.3, 0.4) is 0 Å². The molecule has 0 amide bonds. The van der Waals surface area contributed by atoms with Gasteiger partial charge in [-0.1, -0.05) is 90.4 Å². The number of aliphatic hydroxyl groups is 1. The van der Waals surface area contributed by atoms with Crippen molar-refractivity contribution in [3.8, 4) is 5.88 Å². The fourth-order valence-corrected chi connectivity index (χ4v) is 6.45. The summed E-state index contributed by atoms with van der Waals surface area (Å²) in [7, 11) is 1.65. The maximum atomic E-state index is 12.7. The van der Waals surface area contributed by atoms with Crippen molar-refractivity contribution >= 4 is 38.6 Å². The Morgan fingerprint density at radius 1 is 0.973 bits per heavy atom. The van der Waals surface area contributed by atoms with E-state index >= 15 is 0 Å². The summed E-state index contributed by atoms with van der Waals surface area (Å²) in [5, 5.41) is 13.7. The zero-order valence-electron chi connectivity index (χ0n) is 21.7. The van der Waals surface area contributed by atoms with Crippen LogP contribution in [0.1, 0.15) is 36.5 Å². The quantitative estimate of drug-likeness (QED) is 0.182. The number of ether oxygens (including phenoxy) is 1. The SMILES string of the molecule is CCN(CC)CCSCC(O)(c1ccccc1)C(c1ccccc1)c1cc2cc(Br)ccc2nc1OC. The number of rotatable bonds is 12. The van der Waals surface area contributed by atoms with Crippen molar-refractivity contribution in [2.45, 2.75) is 25.4 Å². The van der Waals surface area contributed by atoms with E-state index in [0.717, 1.165) is 57.5 Å². The molecule has 1 aromatic heterocycles. The third-order valence-electron chi connectivity index (χ3n) is 6.93. The molecule has 0 radical (unpaired) electrons. The molecule has 6 heteroatoms. The molecule has 3 aromatic carbocycles. The Labute approximate surface area is 233 Å². The third kappa shape index (κ3) is 6.37. The molecular weight excluding hydrogens is 544 g/mol. The molecule has 0 aliphatic rings. The molecule has 0 saturated heterocycles. The van der Waals surface area contributed by atoms with Crippen molar-refractivity contribution in [2.75, 3.05) is 38.2 Å². The maximum Gasteiger partial charge on any atom is 0.217 e. The van der Waals surface area contributed by atoms with Gasteiger partial charge in [0.05, 0.1) is 12.6 Å². The van der Waals surface area contributed by atoms with Crippen LogP contribution in [0.15, 0.2) is 89.4 Å². The van der Waals surface area contributed by atoms with Crippen LogP contribution >= 0.6 is 27.7 Å². The first-order valence-corrected chi connectivity index (χ1v) is 14.7. The number of methoxy groups -OCH3 is 1. The molecule has 2 unspecified atom stereocenters. The van der Waals surface area contributed by atoms with Crippen LogP contribution in [-0.2, 0) is 5.60 Å². The molecule has 4 aromatic rings. The van der Waals surface area contributed by atoms with Crippen LogP contribution < -0.4 is 4.74 Å². The Bertz CT molecular complexity index is 1280. The van der Waals surface area contributed by atoms with Crippen molar-refractivity contribution in [3.05, 3.63) is 106 Å². The molecule has 4 nitrogen and oxygen atoms in total. The molecule has 0 aliphatic heterocycles. The predicted molar refractivity (Wildman–Crippen MR) is 160 cm³/mol. The van der Waals surface area contributed by atoms with Crippen LogP contribution in [0.25, 0.3) is 10.9 Å². The van der Waals surface area contributed by atoms with Gasteiger partial charge in [0.25, 0.3) is 0 Å². The number of fused-ring (bicyclic) bond motifs is 1. The predicted octanol–water partition coefficient (Wildman–Crippen LogP) is 7.10. The fourth-order valence-electron chi connectivity index (χ4n) is 4.90. The van der Waals surface area contributed by atoms with Crippen molar-refractivity contribution in [1.82, 2.24) is 9.88 Å². The summed E-state index contributed by atoms with van der Waals surface area (Å²) in [6.07, 6.45) is 0. The minimum Gasteiger partial charge on any atom is -0.481 e. The van der Waals surface area contributed by atoms with Crippen LogP contribution in [0.5, 0.6) is 5.88 Å². The molecule has 1 N–H and O–H groups in total. The van der Waals surface area contributed by atoms with E-state index in [2.05, 4.69) is 58.9 Å². The largest absolute Gasteiger partial charge is 0.481 e. The second-order valence-electron chi connectivity index (χ2n) is 9.14. The van der Waals surface area contributed by atoms with Gasteiger partial charge in [0.1, 0.15) is 5.60 Å². The van der Waals surface area contributed by atoms with Gasteiger partial charge in [0.2, 0.25) is 5.88 Å². The number of pyridine rings is 1. The van der Waals surface area contributed by atoms with E-state index in [9.17, 15) is 5.11 Å². The number of aromatic nitrogens is 1. The van der Waals surface area contributed by atoms with Gasteiger partial charge in [0.15, 0.2) is 0 Å². The lowest BCUT2D eigenvalue weighted by molar-refractivity contribution is 0.0436. The van der Waals surface area contributed by atoms with Gasteiger partial charge in [-0.25, -0.2) is 4.98 Å². The number of benzene rings is 3. The van der Waals surface area contributed by atoms with Gasteiger partial charge in [-0.15, -0.1) is 0 Å². The highest BCUT2D eigenvalue weighted by molar-refractivity contribution is 9.10. The Morgan fingerprint density at radius 2 is 1.65 bits per heavy atom. The second kappa shape index (κ2) is 12.9. The molecule has 0 saturated carbocycles. The van der Waals surface area contributed by atoms with Crippen molar-refractivity contribution in [2.24, 2.45) is 0 Å². The summed E-state index contributed by atoms with van der Waals surface area (Å²) in [6, 6.07) is 28.4. The second-order valence-corrected chi connectivity index (χ2v) is 11.2. The topological polar surface area (TPSA) is 45.6 Å². The van der Waals surface area contributed by atoms with Crippen molar-refractivity contribution < 1.29 is 9.84 Å². The zero-order valence-corrected chi connectivity index (χ0v) is 24.1. The molecular formula is C31H35BrN2O2S. The standard InChI is InChI=1S/C31H35BrN2O2S/c1-4-34(5-2)18-19-37-22-31(35,25-14-10-7-11-15-25)29(23-12-8-6-9-13-23)27-21-24-20-26(32)16-17-28(24)33-30(27)36-3/h6-17,20-21,29,35H,4-5,18-19,22H2,1-3H3. The van der Waals surface area contributed by atoms with Crippen molar-refractivity contribution in [3.63, 3.8) is 0 Å². The van der Waals surface area contributed by atoms with Gasteiger partial charge in [0, 0.05) is 39.4 Å². The fraction of sp³-hybridized carbons (Fsp3) is 0.323. The average molecular weight is 580 g/mol. The summed E-state index contributed by atoms with van der Waals surface area (Å²) in [6.45, 7) is 7.44. The molecule has 1 heterocycles. The first-order chi connectivity index (χ1) is 18.0. The monoisotopic (exact) mass is 578 g/mol. The molecule has 194 valence electrons. The highest BCUT2D eigenvalue weighted by Crippen LogP contribution is 2.47. The number of thioether (sulfide) groups is 1. The van der Waals surface area contributed by atoms with E-state index in [0.29, 0.717) is 11.6 Å². The van der Waals surface area contributed by atoms with E-state index in [1.54, 1.807) is 18.9 Å². The number of nitrogens with zero attached hydrogens (tertiary/aromatic N) is 2. The maximum absolute atomic E-state index is 12.7. The zero-order chi connectivity index (χ0) is 26.3. The van der Waals surface area contributed by atoms with E-state index in [4.69, 9.17) is 9.72 Å². The summed E-state index contributed by atoms with van der Waals surface area (Å²) in [5.41, 5.74) is 2.44. The van der Waals surface area contributed by atoms with E-state index in [1.165, 1.54) is 0 Å². The van der Waals surface area contributed by atoms with Crippen LogP contribution in [0, 0.1) is 0 Å². The van der Waals surface area contributed by atoms with Gasteiger partial charge >= 0.3 is 0 Å². The normalized spacial score (nSPS) is 14.0. The highest BCUT2D eigenvalue weighted by atomic mass is 79.9. The Hall–Kier alpha value is -2.38. The Balaban J connectivity index is 1.86. The number of hydrogen-bond acceptors (Lipinski definition) is 5. The lowest BCUT2D eigenvalue weighted by atomic mass is 9.74. The first-order valence-electron chi connectivity index (χ1n) is 12.8. The van der Waals surface area contributed by atoms with Gasteiger partial charge < -0.3 is 14.7 Å². The first kappa shape index (κ1) is 27.6. The number of hydrogen-bond donors (Lipinski definition) is 1. The minimum atomic E-state index is -1.19. The molecule has 0 bridgehead atoms. The van der Waals surface area contributed by atoms with Crippen molar-refractivity contribution in [1.29, 1.82) is 0 Å². The molecule has 2 atom stereocenters. The van der Waals surface area contributed by atoms with E-state index in [-0.39, 0.29) is 5.92 Å². The Kier molecular flexibility index (Phi) is 9.65. The lowest BCUT2D eigenvalue weighted by Crippen LogP contribution is -2.38. The summed E-state index contributed by atoms with van der Waals surface area (Å²) in [5.74, 6) is 1.63. The van der Waals surface area contributed by atoms with E-state index in [1.807, 2.05) is 60.7 Å². The van der Waals surface area contributed by atoms with E-state index < -0.39 is 5.60 Å². The van der Waals surface area contributed by atoms with Gasteiger partial charge in [-0.2, -0.15) is 11.8 Å². The molecule has 0 fully saturated rings.